The zero-order valence-electron chi connectivity index (χ0n) is 14.3. The maximum absolute atomic E-state index is 14.2. The maximum Gasteiger partial charge on any atom is 0.251 e. The second-order valence-corrected chi connectivity index (χ2v) is 7.35. The molecule has 1 amide bonds. The van der Waals surface area contributed by atoms with Crippen LogP contribution in [0.2, 0.25) is 10.0 Å². The molecule has 1 saturated heterocycles. The number of hydrogen-bond acceptors (Lipinski definition) is 3. The highest BCUT2D eigenvalue weighted by Gasteiger charge is 2.20. The number of benzene rings is 2. The number of nitrogens with zero attached hydrogens (tertiary/aromatic N) is 1. The second kappa shape index (κ2) is 7.46. The number of carbonyl (C=O) groups is 1. The van der Waals surface area contributed by atoms with E-state index in [4.69, 9.17) is 23.2 Å². The first-order chi connectivity index (χ1) is 13.0. The molecule has 5 nitrogen and oxygen atoms in total. The Morgan fingerprint density at radius 2 is 1.96 bits per heavy atom. The zero-order valence-corrected chi connectivity index (χ0v) is 15.8. The van der Waals surface area contributed by atoms with Gasteiger partial charge in [0, 0.05) is 11.6 Å². The summed E-state index contributed by atoms with van der Waals surface area (Å²) in [5, 5.41) is 6.85. The van der Waals surface area contributed by atoms with Crippen LogP contribution >= 0.6 is 23.2 Å². The Labute approximate surface area is 165 Å². The predicted molar refractivity (Wildman–Crippen MR) is 105 cm³/mol. The minimum atomic E-state index is -0.485. The largest absolute Gasteiger partial charge is 0.349 e. The number of rotatable bonds is 3. The Morgan fingerprint density at radius 3 is 2.70 bits per heavy atom. The number of aromatic nitrogens is 2. The van der Waals surface area contributed by atoms with Gasteiger partial charge >= 0.3 is 0 Å². The Morgan fingerprint density at radius 1 is 1.19 bits per heavy atom. The van der Waals surface area contributed by atoms with E-state index in [9.17, 15) is 9.18 Å². The number of halogens is 3. The van der Waals surface area contributed by atoms with Crippen molar-refractivity contribution in [2.75, 3.05) is 13.1 Å². The number of carbonyl (C=O) groups excluding carboxylic acids is 1. The van der Waals surface area contributed by atoms with Gasteiger partial charge in [-0.2, -0.15) is 0 Å². The molecule has 8 heteroatoms. The van der Waals surface area contributed by atoms with Crippen LogP contribution in [-0.4, -0.2) is 35.0 Å². The first kappa shape index (κ1) is 18.2. The number of imidazole rings is 1. The van der Waals surface area contributed by atoms with Gasteiger partial charge < -0.3 is 15.6 Å². The second-order valence-electron chi connectivity index (χ2n) is 6.53. The van der Waals surface area contributed by atoms with Crippen LogP contribution in [0.25, 0.3) is 22.4 Å². The number of nitrogens with one attached hydrogen (secondary N) is 3. The summed E-state index contributed by atoms with van der Waals surface area (Å²) in [5.74, 6) is -0.404. The fourth-order valence-corrected chi connectivity index (χ4v) is 3.80. The average molecular weight is 407 g/mol. The van der Waals surface area contributed by atoms with Gasteiger partial charge in [-0.25, -0.2) is 9.37 Å². The summed E-state index contributed by atoms with van der Waals surface area (Å²) >= 11 is 12.4. The molecule has 3 N–H and O–H groups in total. The molecule has 2 aromatic carbocycles. The molecule has 1 aliphatic heterocycles. The summed E-state index contributed by atoms with van der Waals surface area (Å²) in [6.07, 6.45) is 1.78. The first-order valence-electron chi connectivity index (χ1n) is 8.68. The molecular formula is C19H17Cl2FN4O. The Hall–Kier alpha value is -2.15. The average Bonchev–Trinajstić information content (AvgIpc) is 3.06. The molecule has 3 aromatic rings. The van der Waals surface area contributed by atoms with Gasteiger partial charge in [-0.05, 0) is 50.2 Å². The van der Waals surface area contributed by atoms with Gasteiger partial charge in [0.05, 0.1) is 21.1 Å². The highest BCUT2D eigenvalue weighted by molar-refractivity contribution is 6.35. The van der Waals surface area contributed by atoms with E-state index < -0.39 is 5.82 Å². The number of amides is 1. The minimum absolute atomic E-state index is 0.141. The van der Waals surface area contributed by atoms with Crippen molar-refractivity contribution >= 4 is 40.1 Å². The molecule has 0 spiro atoms. The number of aromatic amines is 1. The van der Waals surface area contributed by atoms with Crippen LogP contribution in [-0.2, 0) is 0 Å². The van der Waals surface area contributed by atoms with Crippen LogP contribution in [0, 0.1) is 5.82 Å². The molecule has 140 valence electrons. The van der Waals surface area contributed by atoms with Crippen molar-refractivity contribution in [2.24, 2.45) is 0 Å². The van der Waals surface area contributed by atoms with Crippen molar-refractivity contribution in [1.29, 1.82) is 0 Å². The van der Waals surface area contributed by atoms with E-state index >= 15 is 0 Å². The first-order valence-corrected chi connectivity index (χ1v) is 9.44. The van der Waals surface area contributed by atoms with Crippen LogP contribution in [0.4, 0.5) is 4.39 Å². The monoisotopic (exact) mass is 406 g/mol. The Kier molecular flexibility index (Phi) is 5.04. The smallest absolute Gasteiger partial charge is 0.251 e. The summed E-state index contributed by atoms with van der Waals surface area (Å²) in [4.78, 5) is 20.0. The summed E-state index contributed by atoms with van der Waals surface area (Å²) in [5.41, 5.74) is 1.62. The summed E-state index contributed by atoms with van der Waals surface area (Å²) in [6.45, 7) is 1.77. The van der Waals surface area contributed by atoms with Crippen molar-refractivity contribution in [2.45, 2.75) is 18.9 Å². The third-order valence-electron chi connectivity index (χ3n) is 4.68. The molecule has 0 unspecified atom stereocenters. The van der Waals surface area contributed by atoms with E-state index in [2.05, 4.69) is 20.6 Å². The lowest BCUT2D eigenvalue weighted by molar-refractivity contribution is 0.0929. The van der Waals surface area contributed by atoms with E-state index in [1.54, 1.807) is 18.2 Å². The predicted octanol–water partition coefficient (Wildman–Crippen LogP) is 4.16. The van der Waals surface area contributed by atoms with Crippen molar-refractivity contribution < 1.29 is 9.18 Å². The Balaban J connectivity index is 1.68. The molecule has 0 aliphatic carbocycles. The van der Waals surface area contributed by atoms with Gasteiger partial charge in [-0.1, -0.05) is 29.3 Å². The molecule has 1 aliphatic rings. The Bertz CT molecular complexity index is 994. The summed E-state index contributed by atoms with van der Waals surface area (Å²) < 4.78 is 14.2. The standard InChI is InChI=1S/C19H17Cl2FN4O/c20-12-2-1-3-14(22)16(12)18-25-15-9-10(8-13(21)17(15)26-18)19(27)24-11-4-6-23-7-5-11/h1-3,8-9,11,23H,4-7H2,(H,24,27)(H,25,26). The van der Waals surface area contributed by atoms with Crippen LogP contribution in [0.5, 0.6) is 0 Å². The number of fused-ring (bicyclic) bond motifs is 1. The molecule has 1 fully saturated rings. The van der Waals surface area contributed by atoms with E-state index in [0.29, 0.717) is 21.6 Å². The third kappa shape index (κ3) is 3.65. The van der Waals surface area contributed by atoms with E-state index in [-0.39, 0.29) is 28.4 Å². The van der Waals surface area contributed by atoms with E-state index in [1.165, 1.54) is 12.1 Å². The third-order valence-corrected chi connectivity index (χ3v) is 5.28. The van der Waals surface area contributed by atoms with E-state index in [0.717, 1.165) is 25.9 Å². The number of H-pyrrole nitrogens is 1. The van der Waals surface area contributed by atoms with Crippen molar-refractivity contribution in [3.8, 4) is 11.4 Å². The topological polar surface area (TPSA) is 69.8 Å². The summed E-state index contributed by atoms with van der Waals surface area (Å²) in [7, 11) is 0. The van der Waals surface area contributed by atoms with Gasteiger partial charge in [-0.15, -0.1) is 0 Å². The lowest BCUT2D eigenvalue weighted by atomic mass is 10.1. The lowest BCUT2D eigenvalue weighted by Gasteiger charge is -2.23. The number of hydrogen-bond donors (Lipinski definition) is 3. The summed E-state index contributed by atoms with van der Waals surface area (Å²) in [6, 6.07) is 7.82. The fraction of sp³-hybridized carbons (Fsp3) is 0.263. The normalized spacial score (nSPS) is 15.2. The molecule has 4 rings (SSSR count). The van der Waals surface area contributed by atoms with Gasteiger partial charge in [0.15, 0.2) is 0 Å². The molecule has 0 saturated carbocycles. The van der Waals surface area contributed by atoms with Gasteiger partial charge in [0.1, 0.15) is 17.2 Å². The van der Waals surface area contributed by atoms with Gasteiger partial charge in [0.2, 0.25) is 0 Å². The molecule has 1 aromatic heterocycles. The SMILES string of the molecule is O=C(NC1CCNCC1)c1cc(Cl)c2nc(-c3c(F)cccc3Cl)[nH]c2c1. The highest BCUT2D eigenvalue weighted by atomic mass is 35.5. The van der Waals surface area contributed by atoms with Gasteiger partial charge in [-0.3, -0.25) is 4.79 Å². The lowest BCUT2D eigenvalue weighted by Crippen LogP contribution is -2.42. The fourth-order valence-electron chi connectivity index (χ4n) is 3.28. The molecule has 2 heterocycles. The molecule has 0 radical (unpaired) electrons. The molecule has 0 bridgehead atoms. The van der Waals surface area contributed by atoms with Gasteiger partial charge in [0.25, 0.3) is 5.91 Å². The van der Waals surface area contributed by atoms with Crippen molar-refractivity contribution in [3.05, 3.63) is 51.8 Å². The number of piperidine rings is 1. The molecule has 0 atom stereocenters. The zero-order chi connectivity index (χ0) is 19.0. The highest BCUT2D eigenvalue weighted by Crippen LogP contribution is 2.32. The maximum atomic E-state index is 14.2. The van der Waals surface area contributed by atoms with Crippen molar-refractivity contribution in [1.82, 2.24) is 20.6 Å². The van der Waals surface area contributed by atoms with Crippen LogP contribution in [0.15, 0.2) is 30.3 Å². The van der Waals surface area contributed by atoms with E-state index in [1.807, 2.05) is 0 Å². The minimum Gasteiger partial charge on any atom is -0.349 e. The van der Waals surface area contributed by atoms with Crippen LogP contribution < -0.4 is 10.6 Å². The molecule has 27 heavy (non-hydrogen) atoms. The quantitative estimate of drug-likeness (QED) is 0.611. The van der Waals surface area contributed by atoms with Crippen molar-refractivity contribution in [3.63, 3.8) is 0 Å². The molecular weight excluding hydrogens is 390 g/mol. The van der Waals surface area contributed by atoms with Crippen LogP contribution in [0.3, 0.4) is 0 Å². The van der Waals surface area contributed by atoms with Crippen LogP contribution in [0.1, 0.15) is 23.2 Å².